The third kappa shape index (κ3) is 1.39. The van der Waals surface area contributed by atoms with Gasteiger partial charge in [0.05, 0.1) is 6.21 Å². The normalized spacial score (nSPS) is 11.0. The van der Waals surface area contributed by atoms with E-state index in [1.807, 2.05) is 18.5 Å². The highest BCUT2D eigenvalue weighted by Gasteiger charge is 1.86. The fourth-order valence-corrected chi connectivity index (χ4v) is 0.805. The first-order valence-corrected chi connectivity index (χ1v) is 3.47. The van der Waals surface area contributed by atoms with Crippen LogP contribution < -0.4 is 0 Å². The molecule has 12 heavy (non-hydrogen) atoms. The third-order valence-electron chi connectivity index (χ3n) is 1.37. The monoisotopic (exact) mass is 161 g/mol. The van der Waals surface area contributed by atoms with Crippen LogP contribution in [-0.2, 0) is 0 Å². The first kappa shape index (κ1) is 6.78. The van der Waals surface area contributed by atoms with Crippen LogP contribution >= 0.6 is 0 Å². The van der Waals surface area contributed by atoms with Crippen LogP contribution in [0.2, 0.25) is 0 Å². The number of H-pyrrole nitrogens is 1. The van der Waals surface area contributed by atoms with Crippen LogP contribution in [0.4, 0.5) is 0 Å². The van der Waals surface area contributed by atoms with E-state index >= 15 is 0 Å². The summed E-state index contributed by atoms with van der Waals surface area (Å²) in [6, 6.07) is 1.92. The highest BCUT2D eigenvalue weighted by atomic mass is 15.4. The van der Waals surface area contributed by atoms with Gasteiger partial charge >= 0.3 is 0 Å². The maximum absolute atomic E-state index is 4.06. The Hall–Kier alpha value is -1.91. The lowest BCUT2D eigenvalue weighted by molar-refractivity contribution is 0.878. The van der Waals surface area contributed by atoms with E-state index < -0.39 is 0 Å². The Balaban J connectivity index is 2.14. The summed E-state index contributed by atoms with van der Waals surface area (Å²) in [7, 11) is 0. The van der Waals surface area contributed by atoms with Gasteiger partial charge in [-0.05, 0) is 6.07 Å². The minimum absolute atomic E-state index is 1.02. The molecule has 1 N–H and O–H groups in total. The molecule has 60 valence electrons. The summed E-state index contributed by atoms with van der Waals surface area (Å²) in [5.41, 5.74) is 1.02. The Kier molecular flexibility index (Phi) is 1.69. The number of rotatable bonds is 2. The number of hydrogen-bond acceptors (Lipinski definition) is 3. The molecule has 0 fully saturated rings. The Morgan fingerprint density at radius 2 is 2.25 bits per heavy atom. The molecule has 0 saturated carbocycles. The number of nitrogens with one attached hydrogen (secondary N) is 1. The summed E-state index contributed by atoms with van der Waals surface area (Å²) in [5.74, 6) is 0. The smallest absolute Gasteiger partial charge is 0.141 e. The zero-order valence-corrected chi connectivity index (χ0v) is 6.25. The summed E-state index contributed by atoms with van der Waals surface area (Å²) >= 11 is 0. The van der Waals surface area contributed by atoms with Gasteiger partial charge in [-0.3, -0.25) is 0 Å². The van der Waals surface area contributed by atoms with E-state index in [0.717, 1.165) is 5.56 Å². The zero-order valence-electron chi connectivity index (χ0n) is 6.25. The number of aromatic amines is 1. The molecule has 0 unspecified atom stereocenters. The van der Waals surface area contributed by atoms with Gasteiger partial charge in [-0.1, -0.05) is 0 Å². The van der Waals surface area contributed by atoms with Gasteiger partial charge in [0.25, 0.3) is 0 Å². The summed E-state index contributed by atoms with van der Waals surface area (Å²) in [6.07, 6.45) is 8.48. The number of hydrogen-bond donors (Lipinski definition) is 1. The van der Waals surface area contributed by atoms with Gasteiger partial charge in [0.1, 0.15) is 12.7 Å². The second-order valence-electron chi connectivity index (χ2n) is 2.23. The summed E-state index contributed by atoms with van der Waals surface area (Å²) in [5, 5.41) is 11.3. The molecule has 0 aliphatic carbocycles. The third-order valence-corrected chi connectivity index (χ3v) is 1.37. The van der Waals surface area contributed by atoms with E-state index in [0.29, 0.717) is 0 Å². The van der Waals surface area contributed by atoms with Crippen LogP contribution in [0.5, 0.6) is 0 Å². The average molecular weight is 161 g/mol. The minimum Gasteiger partial charge on any atom is -0.367 e. The molecule has 0 amide bonds. The van der Waals surface area contributed by atoms with Gasteiger partial charge in [0, 0.05) is 18.0 Å². The Morgan fingerprint density at radius 3 is 2.92 bits per heavy atom. The second-order valence-corrected chi connectivity index (χ2v) is 2.23. The van der Waals surface area contributed by atoms with Crippen molar-refractivity contribution in [3.8, 4) is 0 Å². The van der Waals surface area contributed by atoms with Gasteiger partial charge in [0.2, 0.25) is 0 Å². The van der Waals surface area contributed by atoms with Crippen molar-refractivity contribution in [2.45, 2.75) is 0 Å². The van der Waals surface area contributed by atoms with E-state index in [1.54, 1.807) is 6.21 Å². The Morgan fingerprint density at radius 1 is 1.42 bits per heavy atom. The fourth-order valence-electron chi connectivity index (χ4n) is 0.805. The average Bonchev–Trinajstić information content (AvgIpc) is 2.74. The van der Waals surface area contributed by atoms with Crippen LogP contribution in [0.15, 0.2) is 36.2 Å². The molecule has 2 aromatic heterocycles. The second kappa shape index (κ2) is 3.00. The lowest BCUT2D eigenvalue weighted by Crippen LogP contribution is -1.84. The number of nitrogens with zero attached hydrogens (tertiary/aromatic N) is 4. The van der Waals surface area contributed by atoms with Crippen molar-refractivity contribution in [3.63, 3.8) is 0 Å². The predicted molar refractivity (Wildman–Crippen MR) is 43.8 cm³/mol. The molecule has 0 atom stereocenters. The van der Waals surface area contributed by atoms with E-state index in [1.165, 1.54) is 17.3 Å². The van der Waals surface area contributed by atoms with Crippen molar-refractivity contribution in [2.24, 2.45) is 5.10 Å². The van der Waals surface area contributed by atoms with Gasteiger partial charge in [0.15, 0.2) is 0 Å². The molecule has 5 nitrogen and oxygen atoms in total. The van der Waals surface area contributed by atoms with E-state index in [2.05, 4.69) is 20.3 Å². The van der Waals surface area contributed by atoms with Crippen molar-refractivity contribution < 1.29 is 0 Å². The topological polar surface area (TPSA) is 58.9 Å². The summed E-state index contributed by atoms with van der Waals surface area (Å²) < 4.78 is 1.53. The molecule has 0 bridgehead atoms. The molecule has 5 heteroatoms. The van der Waals surface area contributed by atoms with Gasteiger partial charge in [-0.2, -0.15) is 5.10 Å². The summed E-state index contributed by atoms with van der Waals surface area (Å²) in [4.78, 5) is 2.93. The lowest BCUT2D eigenvalue weighted by Gasteiger charge is -1.85. The van der Waals surface area contributed by atoms with Crippen molar-refractivity contribution in [3.05, 3.63) is 36.7 Å². The Labute approximate surface area is 68.8 Å². The van der Waals surface area contributed by atoms with E-state index in [-0.39, 0.29) is 0 Å². The van der Waals surface area contributed by atoms with E-state index in [4.69, 9.17) is 0 Å². The predicted octanol–water partition coefficient (Wildman–Crippen LogP) is 0.488. The molecule has 0 aromatic carbocycles. The fraction of sp³-hybridized carbons (Fsp3) is 0. The molecular weight excluding hydrogens is 154 g/mol. The van der Waals surface area contributed by atoms with Gasteiger partial charge in [-0.25, -0.2) is 4.68 Å². The van der Waals surface area contributed by atoms with Crippen LogP contribution in [0.3, 0.4) is 0 Å². The minimum atomic E-state index is 1.02. The molecule has 2 heterocycles. The maximum Gasteiger partial charge on any atom is 0.141 e. The maximum atomic E-state index is 4.06. The summed E-state index contributed by atoms with van der Waals surface area (Å²) in [6.45, 7) is 0. The van der Waals surface area contributed by atoms with Crippen molar-refractivity contribution >= 4 is 6.21 Å². The lowest BCUT2D eigenvalue weighted by atomic mass is 10.4. The van der Waals surface area contributed by atoms with Crippen LogP contribution in [0.1, 0.15) is 5.56 Å². The molecule has 0 radical (unpaired) electrons. The highest BCUT2D eigenvalue weighted by molar-refractivity contribution is 5.78. The quantitative estimate of drug-likeness (QED) is 0.651. The van der Waals surface area contributed by atoms with Crippen molar-refractivity contribution in [1.29, 1.82) is 0 Å². The van der Waals surface area contributed by atoms with E-state index in [9.17, 15) is 0 Å². The molecule has 2 rings (SSSR count). The first-order chi connectivity index (χ1) is 5.95. The van der Waals surface area contributed by atoms with Crippen molar-refractivity contribution in [2.75, 3.05) is 0 Å². The standard InChI is InChI=1S/C7H7N5/c1-2-8-3-7(1)4-11-12-5-9-10-6-12/h1-6,8H/b11-4+. The molecule has 0 spiro atoms. The van der Waals surface area contributed by atoms with Crippen LogP contribution in [-0.4, -0.2) is 26.1 Å². The zero-order chi connectivity index (χ0) is 8.23. The molecule has 0 aliphatic rings. The Bertz CT molecular complexity index is 309. The molecule has 0 aliphatic heterocycles. The van der Waals surface area contributed by atoms with Gasteiger partial charge < -0.3 is 4.98 Å². The molecule has 2 aromatic rings. The van der Waals surface area contributed by atoms with Crippen LogP contribution in [0, 0.1) is 0 Å². The van der Waals surface area contributed by atoms with Crippen molar-refractivity contribution in [1.82, 2.24) is 19.9 Å². The van der Waals surface area contributed by atoms with Crippen LogP contribution in [0.25, 0.3) is 0 Å². The number of aromatic nitrogens is 4. The first-order valence-electron chi connectivity index (χ1n) is 3.47. The molecular formula is C7H7N5. The highest BCUT2D eigenvalue weighted by Crippen LogP contribution is 1.91. The molecule has 0 saturated heterocycles. The van der Waals surface area contributed by atoms with Gasteiger partial charge in [-0.15, -0.1) is 10.2 Å². The largest absolute Gasteiger partial charge is 0.367 e. The SMILES string of the molecule is C(=N\n1cnnc1)/c1cc[nH]c1.